The fraction of sp³-hybridized carbons (Fsp3) is 0.250. The first-order chi connectivity index (χ1) is 15.7. The van der Waals surface area contributed by atoms with Crippen molar-refractivity contribution >= 4 is 40.7 Å². The standard InChI is InChI=1S/C24H22ClN5O2/c25-19-6-2-1-5-17(19)8-10-22-27-24(28-32-22)18-7-9-21-20(15-18)26-16-30(21)14-11-23(31)29-12-3-4-13-29/h1-2,5-10,15-16H,3-4,11-14H2/b10-8+. The summed E-state index contributed by atoms with van der Waals surface area (Å²) in [7, 11) is 0. The van der Waals surface area contributed by atoms with Gasteiger partial charge in [0, 0.05) is 42.7 Å². The molecule has 1 aliphatic heterocycles. The van der Waals surface area contributed by atoms with Crippen LogP contribution in [-0.2, 0) is 11.3 Å². The van der Waals surface area contributed by atoms with Crippen LogP contribution >= 0.6 is 11.6 Å². The van der Waals surface area contributed by atoms with Gasteiger partial charge in [-0.1, -0.05) is 35.0 Å². The Morgan fingerprint density at radius 2 is 1.97 bits per heavy atom. The molecule has 0 bridgehead atoms. The number of fused-ring (bicyclic) bond motifs is 1. The lowest BCUT2D eigenvalue weighted by Gasteiger charge is -2.15. The summed E-state index contributed by atoms with van der Waals surface area (Å²) < 4.78 is 7.37. The van der Waals surface area contributed by atoms with Crippen molar-refractivity contribution in [3.63, 3.8) is 0 Å². The number of halogens is 1. The van der Waals surface area contributed by atoms with E-state index in [1.165, 1.54) is 0 Å². The van der Waals surface area contributed by atoms with Crippen LogP contribution in [0.3, 0.4) is 0 Å². The average molecular weight is 448 g/mol. The monoisotopic (exact) mass is 447 g/mol. The van der Waals surface area contributed by atoms with Crippen LogP contribution in [0.5, 0.6) is 0 Å². The summed E-state index contributed by atoms with van der Waals surface area (Å²) in [6, 6.07) is 13.4. The molecule has 0 radical (unpaired) electrons. The maximum atomic E-state index is 12.3. The van der Waals surface area contributed by atoms with Gasteiger partial charge in [0.1, 0.15) is 0 Å². The number of aromatic nitrogens is 4. The van der Waals surface area contributed by atoms with Gasteiger partial charge in [-0.25, -0.2) is 4.98 Å². The van der Waals surface area contributed by atoms with E-state index in [-0.39, 0.29) is 5.91 Å². The zero-order chi connectivity index (χ0) is 21.9. The van der Waals surface area contributed by atoms with Gasteiger partial charge in [-0.2, -0.15) is 4.98 Å². The minimum absolute atomic E-state index is 0.213. The Labute approximate surface area is 190 Å². The Hall–Kier alpha value is -3.45. The van der Waals surface area contributed by atoms with Crippen LogP contribution in [0.1, 0.15) is 30.7 Å². The highest BCUT2D eigenvalue weighted by Crippen LogP contribution is 2.23. The Morgan fingerprint density at radius 1 is 1.12 bits per heavy atom. The van der Waals surface area contributed by atoms with Crippen LogP contribution in [0.25, 0.3) is 34.6 Å². The minimum Gasteiger partial charge on any atom is -0.343 e. The topological polar surface area (TPSA) is 77.0 Å². The maximum Gasteiger partial charge on any atom is 0.250 e. The number of carbonyl (C=O) groups is 1. The highest BCUT2D eigenvalue weighted by Gasteiger charge is 2.18. The van der Waals surface area contributed by atoms with Gasteiger partial charge in [0.2, 0.25) is 11.7 Å². The van der Waals surface area contributed by atoms with Gasteiger partial charge in [0.05, 0.1) is 17.4 Å². The molecule has 4 aromatic rings. The lowest BCUT2D eigenvalue weighted by Crippen LogP contribution is -2.28. The molecule has 1 saturated heterocycles. The summed E-state index contributed by atoms with van der Waals surface area (Å²) >= 11 is 6.17. The van der Waals surface area contributed by atoms with E-state index in [1.807, 2.05) is 58.0 Å². The molecule has 0 saturated carbocycles. The summed E-state index contributed by atoms with van der Waals surface area (Å²) in [6.45, 7) is 2.38. The zero-order valence-corrected chi connectivity index (χ0v) is 18.2. The van der Waals surface area contributed by atoms with E-state index < -0.39 is 0 Å². The first kappa shape index (κ1) is 20.5. The molecular formula is C24H22ClN5O2. The molecule has 5 rings (SSSR count). The van der Waals surface area contributed by atoms with Crippen LogP contribution in [0.15, 0.2) is 53.3 Å². The van der Waals surface area contributed by atoms with Gasteiger partial charge in [-0.3, -0.25) is 4.79 Å². The summed E-state index contributed by atoms with van der Waals surface area (Å²) in [5.74, 6) is 1.10. The second kappa shape index (κ2) is 8.96. The van der Waals surface area contributed by atoms with E-state index in [4.69, 9.17) is 16.1 Å². The van der Waals surface area contributed by atoms with Crippen LogP contribution in [0, 0.1) is 0 Å². The number of rotatable bonds is 6. The number of nitrogens with zero attached hydrogens (tertiary/aromatic N) is 5. The van der Waals surface area contributed by atoms with Crippen molar-refractivity contribution in [2.24, 2.45) is 0 Å². The molecule has 2 aromatic carbocycles. The summed E-state index contributed by atoms with van der Waals surface area (Å²) in [4.78, 5) is 23.2. The van der Waals surface area contributed by atoms with Crippen LogP contribution < -0.4 is 0 Å². The number of imidazole rings is 1. The molecule has 32 heavy (non-hydrogen) atoms. The zero-order valence-electron chi connectivity index (χ0n) is 17.4. The SMILES string of the molecule is O=C(CCn1cnc2cc(-c3noc(/C=C/c4ccccc4Cl)n3)ccc21)N1CCCC1. The molecular weight excluding hydrogens is 426 g/mol. The number of carbonyl (C=O) groups excluding carboxylic acids is 1. The lowest BCUT2D eigenvalue weighted by molar-refractivity contribution is -0.130. The third-order valence-electron chi connectivity index (χ3n) is 5.66. The number of hydrogen-bond donors (Lipinski definition) is 0. The van der Waals surface area contributed by atoms with Crippen molar-refractivity contribution in [3.05, 3.63) is 65.3 Å². The largest absolute Gasteiger partial charge is 0.343 e. The molecule has 1 amide bonds. The third kappa shape index (κ3) is 4.29. The molecule has 0 spiro atoms. The predicted molar refractivity (Wildman–Crippen MR) is 124 cm³/mol. The van der Waals surface area contributed by atoms with Crippen molar-refractivity contribution in [2.45, 2.75) is 25.8 Å². The number of likely N-dealkylation sites (tertiary alicyclic amines) is 1. The highest BCUT2D eigenvalue weighted by molar-refractivity contribution is 6.32. The molecule has 0 atom stereocenters. The average Bonchev–Trinajstić information content (AvgIpc) is 3.58. The second-order valence-electron chi connectivity index (χ2n) is 7.79. The second-order valence-corrected chi connectivity index (χ2v) is 8.20. The first-order valence-electron chi connectivity index (χ1n) is 10.7. The Kier molecular flexibility index (Phi) is 5.73. The van der Waals surface area contributed by atoms with Gasteiger partial charge in [0.25, 0.3) is 5.89 Å². The van der Waals surface area contributed by atoms with Gasteiger partial charge < -0.3 is 14.0 Å². The fourth-order valence-corrected chi connectivity index (χ4v) is 4.11. The molecule has 162 valence electrons. The summed E-state index contributed by atoms with van der Waals surface area (Å²) in [6.07, 6.45) is 8.06. The van der Waals surface area contributed by atoms with Crippen molar-refractivity contribution in [1.82, 2.24) is 24.6 Å². The Bertz CT molecular complexity index is 1290. The molecule has 7 nitrogen and oxygen atoms in total. The van der Waals surface area contributed by atoms with Gasteiger partial charge >= 0.3 is 0 Å². The van der Waals surface area contributed by atoms with Gasteiger partial charge in [0.15, 0.2) is 0 Å². The third-order valence-corrected chi connectivity index (χ3v) is 6.00. The van der Waals surface area contributed by atoms with Gasteiger partial charge in [-0.05, 0) is 48.7 Å². The smallest absolute Gasteiger partial charge is 0.250 e. The van der Waals surface area contributed by atoms with E-state index in [2.05, 4.69) is 15.1 Å². The fourth-order valence-electron chi connectivity index (χ4n) is 3.91. The van der Waals surface area contributed by atoms with E-state index >= 15 is 0 Å². The van der Waals surface area contributed by atoms with Crippen LogP contribution in [0.2, 0.25) is 5.02 Å². The Balaban J connectivity index is 1.29. The normalized spacial score (nSPS) is 14.1. The number of hydrogen-bond acceptors (Lipinski definition) is 5. The molecule has 1 fully saturated rings. The number of amides is 1. The summed E-state index contributed by atoms with van der Waals surface area (Å²) in [5.41, 5.74) is 3.50. The van der Waals surface area contributed by atoms with Crippen molar-refractivity contribution < 1.29 is 9.32 Å². The maximum absolute atomic E-state index is 12.3. The van der Waals surface area contributed by atoms with E-state index in [0.29, 0.717) is 29.7 Å². The van der Waals surface area contributed by atoms with Crippen molar-refractivity contribution in [3.8, 4) is 11.4 Å². The molecule has 8 heteroatoms. The van der Waals surface area contributed by atoms with Crippen molar-refractivity contribution in [1.29, 1.82) is 0 Å². The molecule has 0 N–H and O–H groups in total. The van der Waals surface area contributed by atoms with E-state index in [9.17, 15) is 4.79 Å². The Morgan fingerprint density at radius 3 is 2.81 bits per heavy atom. The van der Waals surface area contributed by atoms with Crippen LogP contribution in [0.4, 0.5) is 0 Å². The van der Waals surface area contributed by atoms with Crippen molar-refractivity contribution in [2.75, 3.05) is 13.1 Å². The molecule has 0 aliphatic carbocycles. The number of aryl methyl sites for hydroxylation is 1. The highest BCUT2D eigenvalue weighted by atomic mass is 35.5. The van der Waals surface area contributed by atoms with Crippen LogP contribution in [-0.4, -0.2) is 43.6 Å². The summed E-state index contributed by atoms with van der Waals surface area (Å²) in [5, 5.41) is 4.74. The predicted octanol–water partition coefficient (Wildman–Crippen LogP) is 4.92. The molecule has 2 aromatic heterocycles. The molecule has 0 unspecified atom stereocenters. The molecule has 3 heterocycles. The van der Waals surface area contributed by atoms with E-state index in [0.717, 1.165) is 48.1 Å². The minimum atomic E-state index is 0.213. The number of benzene rings is 2. The molecule has 1 aliphatic rings. The first-order valence-corrected chi connectivity index (χ1v) is 11.0. The van der Waals surface area contributed by atoms with Gasteiger partial charge in [-0.15, -0.1) is 0 Å². The van der Waals surface area contributed by atoms with E-state index in [1.54, 1.807) is 12.4 Å². The lowest BCUT2D eigenvalue weighted by atomic mass is 10.2. The quantitative estimate of drug-likeness (QED) is 0.419.